The molecule has 2 saturated heterocycles. The van der Waals surface area contributed by atoms with E-state index in [-0.39, 0.29) is 17.7 Å². The SMILES string of the molecule is Cc1ccc(N2C[C@@H](C(=O)N3CC[NH+](Cc4ccccc4)CC3)CC2=O)cc1C. The van der Waals surface area contributed by atoms with Crippen molar-refractivity contribution in [1.82, 2.24) is 4.90 Å². The van der Waals surface area contributed by atoms with E-state index >= 15 is 0 Å². The maximum absolute atomic E-state index is 13.0. The zero-order valence-electron chi connectivity index (χ0n) is 17.4. The van der Waals surface area contributed by atoms with Crippen LogP contribution in [0.1, 0.15) is 23.1 Å². The third-order valence-corrected chi connectivity index (χ3v) is 6.36. The van der Waals surface area contributed by atoms with Crippen molar-refractivity contribution in [2.75, 3.05) is 37.6 Å². The first kappa shape index (κ1) is 19.6. The summed E-state index contributed by atoms with van der Waals surface area (Å²) >= 11 is 0. The molecule has 2 aliphatic rings. The minimum atomic E-state index is -0.222. The minimum absolute atomic E-state index is 0.0555. The van der Waals surface area contributed by atoms with Crippen molar-refractivity contribution in [3.8, 4) is 0 Å². The molecular weight excluding hydrogens is 362 g/mol. The molecule has 0 saturated carbocycles. The molecule has 0 bridgehead atoms. The van der Waals surface area contributed by atoms with Gasteiger partial charge in [-0.2, -0.15) is 0 Å². The molecule has 0 radical (unpaired) electrons. The second kappa shape index (κ2) is 8.37. The molecular formula is C24H30N3O2+. The summed E-state index contributed by atoms with van der Waals surface area (Å²) in [5.74, 6) is -0.0248. The van der Waals surface area contributed by atoms with Crippen LogP contribution in [0.15, 0.2) is 48.5 Å². The monoisotopic (exact) mass is 392 g/mol. The van der Waals surface area contributed by atoms with E-state index in [1.165, 1.54) is 21.6 Å². The third-order valence-electron chi connectivity index (χ3n) is 6.36. The lowest BCUT2D eigenvalue weighted by atomic mass is 10.1. The van der Waals surface area contributed by atoms with Crippen LogP contribution in [0.25, 0.3) is 0 Å². The van der Waals surface area contributed by atoms with Gasteiger partial charge in [0.05, 0.1) is 32.1 Å². The quantitative estimate of drug-likeness (QED) is 0.859. The number of anilines is 1. The lowest BCUT2D eigenvalue weighted by Crippen LogP contribution is -3.13. The lowest BCUT2D eigenvalue weighted by molar-refractivity contribution is -0.917. The van der Waals surface area contributed by atoms with Crippen molar-refractivity contribution < 1.29 is 14.5 Å². The van der Waals surface area contributed by atoms with Crippen LogP contribution in [-0.4, -0.2) is 49.4 Å². The summed E-state index contributed by atoms with van der Waals surface area (Å²) in [5, 5.41) is 0. The van der Waals surface area contributed by atoms with Crippen molar-refractivity contribution in [3.05, 3.63) is 65.2 Å². The second-order valence-electron chi connectivity index (χ2n) is 8.41. The molecule has 1 atom stereocenters. The highest BCUT2D eigenvalue weighted by Crippen LogP contribution is 2.27. The van der Waals surface area contributed by atoms with E-state index in [4.69, 9.17) is 0 Å². The van der Waals surface area contributed by atoms with Crippen LogP contribution in [0.5, 0.6) is 0 Å². The van der Waals surface area contributed by atoms with E-state index in [2.05, 4.69) is 38.1 Å². The molecule has 0 unspecified atom stereocenters. The number of hydrogen-bond acceptors (Lipinski definition) is 2. The number of rotatable bonds is 4. The first-order valence-corrected chi connectivity index (χ1v) is 10.5. The molecule has 2 amide bonds. The van der Waals surface area contributed by atoms with Crippen LogP contribution < -0.4 is 9.80 Å². The number of carbonyl (C=O) groups excluding carboxylic acids is 2. The van der Waals surface area contributed by atoms with E-state index in [1.54, 1.807) is 4.90 Å². The van der Waals surface area contributed by atoms with Gasteiger partial charge in [0, 0.05) is 24.2 Å². The predicted molar refractivity (Wildman–Crippen MR) is 114 cm³/mol. The number of hydrogen-bond donors (Lipinski definition) is 1. The Kier molecular flexibility index (Phi) is 5.67. The number of carbonyl (C=O) groups is 2. The largest absolute Gasteiger partial charge is 0.331 e. The van der Waals surface area contributed by atoms with Crippen molar-refractivity contribution >= 4 is 17.5 Å². The molecule has 4 rings (SSSR count). The minimum Gasteiger partial charge on any atom is -0.331 e. The van der Waals surface area contributed by atoms with E-state index < -0.39 is 0 Å². The Labute approximate surface area is 172 Å². The molecule has 5 nitrogen and oxygen atoms in total. The highest BCUT2D eigenvalue weighted by Gasteiger charge is 2.38. The molecule has 5 heteroatoms. The summed E-state index contributed by atoms with van der Waals surface area (Å²) in [5.41, 5.74) is 4.63. The van der Waals surface area contributed by atoms with Crippen LogP contribution >= 0.6 is 0 Å². The zero-order valence-corrected chi connectivity index (χ0v) is 17.4. The Morgan fingerprint density at radius 1 is 1.03 bits per heavy atom. The van der Waals surface area contributed by atoms with Gasteiger partial charge < -0.3 is 14.7 Å². The van der Waals surface area contributed by atoms with Crippen molar-refractivity contribution in [2.45, 2.75) is 26.8 Å². The Hall–Kier alpha value is -2.66. The van der Waals surface area contributed by atoms with Gasteiger partial charge in [0.2, 0.25) is 11.8 Å². The highest BCUT2D eigenvalue weighted by molar-refractivity contribution is 6.00. The zero-order chi connectivity index (χ0) is 20.4. The van der Waals surface area contributed by atoms with Crippen LogP contribution in [0, 0.1) is 19.8 Å². The second-order valence-corrected chi connectivity index (χ2v) is 8.41. The van der Waals surface area contributed by atoms with Gasteiger partial charge in [-0.3, -0.25) is 9.59 Å². The van der Waals surface area contributed by atoms with Gasteiger partial charge in [0.25, 0.3) is 0 Å². The summed E-state index contributed by atoms with van der Waals surface area (Å²) in [6, 6.07) is 16.6. The van der Waals surface area contributed by atoms with Crippen molar-refractivity contribution in [3.63, 3.8) is 0 Å². The molecule has 2 heterocycles. The average molecular weight is 393 g/mol. The van der Waals surface area contributed by atoms with E-state index in [9.17, 15) is 9.59 Å². The third kappa shape index (κ3) is 4.35. The molecule has 2 aromatic rings. The normalized spacial score (nSPS) is 20.3. The van der Waals surface area contributed by atoms with Gasteiger partial charge in [0.1, 0.15) is 6.54 Å². The van der Waals surface area contributed by atoms with Gasteiger partial charge in [-0.25, -0.2) is 0 Å². The van der Waals surface area contributed by atoms with Crippen molar-refractivity contribution in [2.24, 2.45) is 5.92 Å². The number of nitrogens with zero attached hydrogens (tertiary/aromatic N) is 2. The number of benzene rings is 2. The highest BCUT2D eigenvalue weighted by atomic mass is 16.2. The van der Waals surface area contributed by atoms with Gasteiger partial charge in [-0.05, 0) is 37.1 Å². The molecule has 0 aromatic heterocycles. The molecule has 2 fully saturated rings. The first-order valence-electron chi connectivity index (χ1n) is 10.5. The molecule has 29 heavy (non-hydrogen) atoms. The molecule has 0 spiro atoms. The molecule has 152 valence electrons. The number of amides is 2. The van der Waals surface area contributed by atoms with E-state index in [0.29, 0.717) is 13.0 Å². The Morgan fingerprint density at radius 2 is 1.76 bits per heavy atom. The maximum Gasteiger partial charge on any atom is 0.228 e. The average Bonchev–Trinajstić information content (AvgIpc) is 3.12. The summed E-state index contributed by atoms with van der Waals surface area (Å²) in [4.78, 5) is 30.9. The fourth-order valence-corrected chi connectivity index (χ4v) is 4.38. The van der Waals surface area contributed by atoms with Crippen LogP contribution in [-0.2, 0) is 16.1 Å². The Balaban J connectivity index is 1.33. The Morgan fingerprint density at radius 3 is 2.45 bits per heavy atom. The number of piperazine rings is 1. The van der Waals surface area contributed by atoms with Crippen LogP contribution in [0.3, 0.4) is 0 Å². The Bertz CT molecular complexity index is 888. The molecule has 0 aliphatic carbocycles. The number of quaternary nitrogens is 1. The lowest BCUT2D eigenvalue weighted by Gasteiger charge is -2.33. The fourth-order valence-electron chi connectivity index (χ4n) is 4.38. The first-order chi connectivity index (χ1) is 14.0. The topological polar surface area (TPSA) is 45.1 Å². The van der Waals surface area contributed by atoms with Gasteiger partial charge in [-0.1, -0.05) is 36.4 Å². The smallest absolute Gasteiger partial charge is 0.228 e. The number of nitrogens with one attached hydrogen (secondary N) is 1. The molecule has 2 aliphatic heterocycles. The van der Waals surface area contributed by atoms with Crippen molar-refractivity contribution in [1.29, 1.82) is 0 Å². The van der Waals surface area contributed by atoms with Gasteiger partial charge in [-0.15, -0.1) is 0 Å². The number of aryl methyl sites for hydroxylation is 2. The summed E-state index contributed by atoms with van der Waals surface area (Å²) < 4.78 is 0. The maximum atomic E-state index is 13.0. The predicted octanol–water partition coefficient (Wildman–Crippen LogP) is 1.58. The van der Waals surface area contributed by atoms with E-state index in [1.807, 2.05) is 29.2 Å². The van der Waals surface area contributed by atoms with Crippen LogP contribution in [0.2, 0.25) is 0 Å². The summed E-state index contributed by atoms with van der Waals surface area (Å²) in [7, 11) is 0. The standard InChI is InChI=1S/C24H29N3O2/c1-18-8-9-22(14-19(18)2)27-17-21(15-23(27)28)24(29)26-12-10-25(11-13-26)16-20-6-4-3-5-7-20/h3-9,14,21H,10-13,15-17H2,1-2H3/p+1/t21-/m0/s1. The van der Waals surface area contributed by atoms with Gasteiger partial charge in [0.15, 0.2) is 0 Å². The summed E-state index contributed by atoms with van der Waals surface area (Å²) in [6.07, 6.45) is 0.322. The van der Waals surface area contributed by atoms with Crippen LogP contribution in [0.4, 0.5) is 5.69 Å². The fraction of sp³-hybridized carbons (Fsp3) is 0.417. The van der Waals surface area contributed by atoms with E-state index in [0.717, 1.165) is 38.4 Å². The molecule has 1 N–H and O–H groups in total. The summed E-state index contributed by atoms with van der Waals surface area (Å²) in [6.45, 7) is 9.09. The van der Waals surface area contributed by atoms with Gasteiger partial charge >= 0.3 is 0 Å². The molecule has 2 aromatic carbocycles.